The van der Waals surface area contributed by atoms with E-state index < -0.39 is 0 Å². The number of carbonyl (C=O) groups excluding carboxylic acids is 1. The number of amides is 1. The van der Waals surface area contributed by atoms with Gasteiger partial charge in [-0.15, -0.1) is 0 Å². The number of methoxy groups -OCH3 is 1. The molecule has 1 saturated carbocycles. The summed E-state index contributed by atoms with van der Waals surface area (Å²) in [7, 11) is 3.66. The van der Waals surface area contributed by atoms with Crippen molar-refractivity contribution in [1.82, 2.24) is 10.2 Å². The maximum atomic E-state index is 12.8. The summed E-state index contributed by atoms with van der Waals surface area (Å²) in [6.45, 7) is 0.675. The molecule has 2 aromatic rings. The summed E-state index contributed by atoms with van der Waals surface area (Å²) in [6, 6.07) is 18.0. The Kier molecular flexibility index (Phi) is 5.16. The third-order valence-electron chi connectivity index (χ3n) is 4.29. The molecule has 2 aromatic carbocycles. The Morgan fingerprint density at radius 3 is 2.62 bits per heavy atom. The maximum Gasteiger partial charge on any atom is 0.242 e. The minimum absolute atomic E-state index is 0.0779. The lowest BCUT2D eigenvalue weighted by molar-refractivity contribution is -0.126. The molecule has 4 nitrogen and oxygen atoms in total. The molecule has 24 heavy (non-hydrogen) atoms. The summed E-state index contributed by atoms with van der Waals surface area (Å²) in [6.07, 6.45) is 2.18. The van der Waals surface area contributed by atoms with E-state index in [1.807, 2.05) is 55.6 Å². The first kappa shape index (κ1) is 16.5. The monoisotopic (exact) mass is 324 g/mol. The summed E-state index contributed by atoms with van der Waals surface area (Å²) in [5.41, 5.74) is 2.14. The molecule has 1 fully saturated rings. The van der Waals surface area contributed by atoms with Gasteiger partial charge in [-0.25, -0.2) is 0 Å². The summed E-state index contributed by atoms with van der Waals surface area (Å²) >= 11 is 0. The van der Waals surface area contributed by atoms with Crippen molar-refractivity contribution in [3.05, 3.63) is 65.7 Å². The second kappa shape index (κ2) is 7.49. The molecule has 1 aliphatic rings. The first-order valence-electron chi connectivity index (χ1n) is 8.36. The van der Waals surface area contributed by atoms with Crippen LogP contribution in [0.15, 0.2) is 54.6 Å². The lowest BCUT2D eigenvalue weighted by Gasteiger charge is -2.28. The summed E-state index contributed by atoms with van der Waals surface area (Å²) < 4.78 is 5.29. The molecule has 0 saturated heterocycles. The molecule has 0 unspecified atom stereocenters. The molecule has 0 aromatic heterocycles. The van der Waals surface area contributed by atoms with Crippen molar-refractivity contribution < 1.29 is 9.53 Å². The minimum Gasteiger partial charge on any atom is -0.497 e. The zero-order valence-corrected chi connectivity index (χ0v) is 14.2. The third-order valence-corrected chi connectivity index (χ3v) is 4.29. The van der Waals surface area contributed by atoms with Crippen LogP contribution in [0.1, 0.15) is 30.0 Å². The predicted molar refractivity (Wildman–Crippen MR) is 94.8 cm³/mol. The highest BCUT2D eigenvalue weighted by Crippen LogP contribution is 2.25. The molecule has 1 amide bonds. The zero-order chi connectivity index (χ0) is 16.9. The van der Waals surface area contributed by atoms with Crippen LogP contribution in [-0.2, 0) is 11.3 Å². The third kappa shape index (κ3) is 4.15. The van der Waals surface area contributed by atoms with Gasteiger partial charge in [0.1, 0.15) is 11.8 Å². The molecule has 1 aliphatic carbocycles. The van der Waals surface area contributed by atoms with Gasteiger partial charge in [0.2, 0.25) is 5.91 Å². The van der Waals surface area contributed by atoms with Crippen molar-refractivity contribution in [3.63, 3.8) is 0 Å². The van der Waals surface area contributed by atoms with Gasteiger partial charge in [-0.05, 0) is 43.1 Å². The van der Waals surface area contributed by atoms with Gasteiger partial charge in [-0.3, -0.25) is 9.69 Å². The largest absolute Gasteiger partial charge is 0.497 e. The van der Waals surface area contributed by atoms with Crippen LogP contribution in [0.25, 0.3) is 0 Å². The fourth-order valence-electron chi connectivity index (χ4n) is 2.90. The van der Waals surface area contributed by atoms with Crippen LogP contribution in [0.2, 0.25) is 0 Å². The Hall–Kier alpha value is -2.33. The average Bonchev–Trinajstić information content (AvgIpc) is 3.40. The molecule has 0 spiro atoms. The number of nitrogens with zero attached hydrogens (tertiary/aromatic N) is 1. The minimum atomic E-state index is -0.294. The number of rotatable bonds is 7. The Morgan fingerprint density at radius 1 is 1.21 bits per heavy atom. The number of likely N-dealkylation sites (N-methyl/N-ethyl adjacent to an activating group) is 1. The number of hydrogen-bond acceptors (Lipinski definition) is 3. The van der Waals surface area contributed by atoms with Gasteiger partial charge in [-0.2, -0.15) is 0 Å². The Morgan fingerprint density at radius 2 is 1.96 bits per heavy atom. The van der Waals surface area contributed by atoms with Gasteiger partial charge >= 0.3 is 0 Å². The molecule has 1 N–H and O–H groups in total. The average molecular weight is 324 g/mol. The van der Waals surface area contributed by atoms with Gasteiger partial charge in [0.15, 0.2) is 0 Å². The summed E-state index contributed by atoms with van der Waals surface area (Å²) in [4.78, 5) is 14.9. The zero-order valence-electron chi connectivity index (χ0n) is 14.2. The lowest BCUT2D eigenvalue weighted by atomic mass is 10.0. The molecular weight excluding hydrogens is 300 g/mol. The van der Waals surface area contributed by atoms with Crippen LogP contribution in [-0.4, -0.2) is 31.0 Å². The normalized spacial score (nSPS) is 15.1. The van der Waals surface area contributed by atoms with E-state index in [1.54, 1.807) is 7.11 Å². The van der Waals surface area contributed by atoms with E-state index in [9.17, 15) is 4.79 Å². The smallest absolute Gasteiger partial charge is 0.242 e. The topological polar surface area (TPSA) is 41.6 Å². The number of benzene rings is 2. The first-order valence-corrected chi connectivity index (χ1v) is 8.36. The number of nitrogens with one attached hydrogen (secondary N) is 1. The highest BCUT2D eigenvalue weighted by atomic mass is 16.5. The van der Waals surface area contributed by atoms with Crippen molar-refractivity contribution in [3.8, 4) is 5.75 Å². The molecule has 0 bridgehead atoms. The van der Waals surface area contributed by atoms with E-state index in [0.29, 0.717) is 12.6 Å². The van der Waals surface area contributed by atoms with Crippen LogP contribution in [0, 0.1) is 0 Å². The quantitative estimate of drug-likeness (QED) is 0.851. The Labute approximate surface area is 143 Å². The van der Waals surface area contributed by atoms with Crippen molar-refractivity contribution in [2.75, 3.05) is 14.2 Å². The van der Waals surface area contributed by atoms with E-state index in [0.717, 1.165) is 29.7 Å². The molecule has 0 radical (unpaired) electrons. The van der Waals surface area contributed by atoms with Crippen molar-refractivity contribution in [2.24, 2.45) is 0 Å². The van der Waals surface area contributed by atoms with Crippen LogP contribution in [0.5, 0.6) is 5.75 Å². The van der Waals surface area contributed by atoms with Gasteiger partial charge < -0.3 is 10.1 Å². The van der Waals surface area contributed by atoms with Crippen molar-refractivity contribution in [2.45, 2.75) is 31.5 Å². The maximum absolute atomic E-state index is 12.8. The van der Waals surface area contributed by atoms with Crippen LogP contribution >= 0.6 is 0 Å². The molecule has 4 heteroatoms. The second-order valence-corrected chi connectivity index (χ2v) is 6.36. The molecule has 0 heterocycles. The van der Waals surface area contributed by atoms with Gasteiger partial charge in [0.05, 0.1) is 7.11 Å². The number of ether oxygens (including phenoxy) is 1. The molecule has 3 rings (SSSR count). The fraction of sp³-hybridized carbons (Fsp3) is 0.350. The first-order chi connectivity index (χ1) is 11.7. The van der Waals surface area contributed by atoms with Crippen molar-refractivity contribution in [1.29, 1.82) is 0 Å². The Balaban J connectivity index is 1.79. The van der Waals surface area contributed by atoms with E-state index >= 15 is 0 Å². The number of hydrogen-bond donors (Lipinski definition) is 1. The van der Waals surface area contributed by atoms with Gasteiger partial charge in [0, 0.05) is 12.6 Å². The molecule has 126 valence electrons. The second-order valence-electron chi connectivity index (χ2n) is 6.36. The highest BCUT2D eigenvalue weighted by Gasteiger charge is 2.30. The van der Waals surface area contributed by atoms with Gasteiger partial charge in [-0.1, -0.05) is 42.5 Å². The fourth-order valence-corrected chi connectivity index (χ4v) is 2.90. The molecule has 0 aliphatic heterocycles. The predicted octanol–water partition coefficient (Wildman–Crippen LogP) is 3.15. The van der Waals surface area contributed by atoms with E-state index in [-0.39, 0.29) is 11.9 Å². The summed E-state index contributed by atoms with van der Waals surface area (Å²) in [5, 5.41) is 3.14. The SMILES string of the molecule is COc1cccc(CN(C)[C@@H](C(=O)NC2CC2)c2ccccc2)c1. The van der Waals surface area contributed by atoms with Crippen LogP contribution < -0.4 is 10.1 Å². The van der Waals surface area contributed by atoms with Gasteiger partial charge in [0.25, 0.3) is 0 Å². The molecule has 1 atom stereocenters. The molecular formula is C20H24N2O2. The van der Waals surface area contributed by atoms with E-state index in [1.165, 1.54) is 0 Å². The van der Waals surface area contributed by atoms with E-state index in [2.05, 4.69) is 16.3 Å². The van der Waals surface area contributed by atoms with Crippen LogP contribution in [0.4, 0.5) is 0 Å². The summed E-state index contributed by atoms with van der Waals surface area (Å²) in [5.74, 6) is 0.911. The number of carbonyl (C=O) groups is 1. The lowest BCUT2D eigenvalue weighted by Crippen LogP contribution is -2.39. The Bertz CT molecular complexity index is 683. The van der Waals surface area contributed by atoms with Crippen molar-refractivity contribution >= 4 is 5.91 Å². The van der Waals surface area contributed by atoms with Crippen LogP contribution in [0.3, 0.4) is 0 Å². The van der Waals surface area contributed by atoms with E-state index in [4.69, 9.17) is 4.74 Å². The highest BCUT2D eigenvalue weighted by molar-refractivity contribution is 5.83. The standard InChI is InChI=1S/C20H24N2O2/c1-22(14-15-7-6-10-18(13-15)24-2)19(16-8-4-3-5-9-16)20(23)21-17-11-12-17/h3-10,13,17,19H,11-12,14H2,1-2H3,(H,21,23)/t19-/m1/s1.